The number of rotatable bonds is 4. The molecule has 104 valence electrons. The Labute approximate surface area is 117 Å². The molecule has 0 aliphatic heterocycles. The zero-order chi connectivity index (χ0) is 14.5. The molecule has 2 aromatic carbocycles. The Hall–Kier alpha value is -2.76. The van der Waals surface area contributed by atoms with Crippen LogP contribution in [0.5, 0.6) is 11.5 Å². The lowest BCUT2D eigenvalue weighted by molar-refractivity contribution is 0.406. The number of anilines is 2. The fourth-order valence-corrected chi connectivity index (χ4v) is 1.64. The molecule has 2 aromatic rings. The number of hydrogen-bond acceptors (Lipinski definition) is 6. The summed E-state index contributed by atoms with van der Waals surface area (Å²) in [6, 6.07) is 10.4. The lowest BCUT2D eigenvalue weighted by Crippen LogP contribution is -1.93. The lowest BCUT2D eigenvalue weighted by Gasteiger charge is -2.09. The van der Waals surface area contributed by atoms with E-state index in [1.165, 1.54) is 0 Å². The SMILES string of the molecule is COc1cc(/N=N/c2ccc(N)cc2)c(OC)cc1N. The van der Waals surface area contributed by atoms with E-state index in [9.17, 15) is 0 Å². The minimum absolute atomic E-state index is 0.482. The third-order valence-corrected chi connectivity index (χ3v) is 2.70. The average molecular weight is 272 g/mol. The third kappa shape index (κ3) is 2.97. The van der Waals surface area contributed by atoms with Gasteiger partial charge in [-0.05, 0) is 24.3 Å². The molecule has 0 amide bonds. The van der Waals surface area contributed by atoms with Crippen molar-refractivity contribution in [2.75, 3.05) is 25.7 Å². The summed E-state index contributed by atoms with van der Waals surface area (Å²) in [4.78, 5) is 0. The number of nitrogen functional groups attached to an aromatic ring is 2. The van der Waals surface area contributed by atoms with Crippen LogP contribution in [0.1, 0.15) is 0 Å². The number of nitrogens with two attached hydrogens (primary N) is 2. The molecule has 0 saturated heterocycles. The van der Waals surface area contributed by atoms with Crippen LogP contribution in [0.15, 0.2) is 46.6 Å². The van der Waals surface area contributed by atoms with Gasteiger partial charge in [0.15, 0.2) is 0 Å². The Bertz CT molecular complexity index is 624. The molecule has 0 spiro atoms. The van der Waals surface area contributed by atoms with Crippen LogP contribution in [-0.4, -0.2) is 14.2 Å². The van der Waals surface area contributed by atoms with E-state index < -0.39 is 0 Å². The van der Waals surface area contributed by atoms with E-state index in [0.29, 0.717) is 34.2 Å². The normalized spacial score (nSPS) is 10.7. The van der Waals surface area contributed by atoms with Crippen molar-refractivity contribution < 1.29 is 9.47 Å². The molecule has 20 heavy (non-hydrogen) atoms. The number of azo groups is 1. The molecule has 0 fully saturated rings. The maximum Gasteiger partial charge on any atom is 0.148 e. The summed E-state index contributed by atoms with van der Waals surface area (Å²) in [6.07, 6.45) is 0. The summed E-state index contributed by atoms with van der Waals surface area (Å²) in [5.41, 5.74) is 13.8. The Balaban J connectivity index is 2.34. The van der Waals surface area contributed by atoms with E-state index in [4.69, 9.17) is 20.9 Å². The molecule has 0 atom stereocenters. The predicted molar refractivity (Wildman–Crippen MR) is 79.0 cm³/mol. The first-order valence-corrected chi connectivity index (χ1v) is 5.93. The van der Waals surface area contributed by atoms with Gasteiger partial charge in [-0.25, -0.2) is 0 Å². The highest BCUT2D eigenvalue weighted by Gasteiger charge is 2.08. The topological polar surface area (TPSA) is 95.2 Å². The molecule has 0 aliphatic rings. The number of nitrogens with zero attached hydrogens (tertiary/aromatic N) is 2. The molecule has 0 saturated carbocycles. The van der Waals surface area contributed by atoms with Gasteiger partial charge < -0.3 is 20.9 Å². The first-order chi connectivity index (χ1) is 9.63. The van der Waals surface area contributed by atoms with E-state index in [1.807, 2.05) is 0 Å². The maximum absolute atomic E-state index is 5.81. The quantitative estimate of drug-likeness (QED) is 0.659. The van der Waals surface area contributed by atoms with Crippen LogP contribution >= 0.6 is 0 Å². The van der Waals surface area contributed by atoms with E-state index in [0.717, 1.165) is 0 Å². The summed E-state index contributed by atoms with van der Waals surface area (Å²) >= 11 is 0. The molecular weight excluding hydrogens is 256 g/mol. The monoisotopic (exact) mass is 272 g/mol. The van der Waals surface area contributed by atoms with Gasteiger partial charge in [-0.1, -0.05) is 0 Å². The molecule has 0 heterocycles. The second-order valence-corrected chi connectivity index (χ2v) is 4.06. The fourth-order valence-electron chi connectivity index (χ4n) is 1.64. The van der Waals surface area contributed by atoms with Gasteiger partial charge >= 0.3 is 0 Å². The molecule has 6 heteroatoms. The zero-order valence-electron chi connectivity index (χ0n) is 11.3. The van der Waals surface area contributed by atoms with Crippen LogP contribution in [-0.2, 0) is 0 Å². The van der Waals surface area contributed by atoms with E-state index in [2.05, 4.69) is 10.2 Å². The van der Waals surface area contributed by atoms with Gasteiger partial charge in [0.25, 0.3) is 0 Å². The fraction of sp³-hybridized carbons (Fsp3) is 0.143. The minimum Gasteiger partial charge on any atom is -0.495 e. The molecule has 0 bridgehead atoms. The van der Waals surface area contributed by atoms with Crippen LogP contribution in [0.4, 0.5) is 22.7 Å². The van der Waals surface area contributed by atoms with Gasteiger partial charge in [-0.15, -0.1) is 5.11 Å². The molecule has 2 rings (SSSR count). The van der Waals surface area contributed by atoms with Crippen LogP contribution in [0.3, 0.4) is 0 Å². The average Bonchev–Trinajstić information content (AvgIpc) is 2.47. The second-order valence-electron chi connectivity index (χ2n) is 4.06. The van der Waals surface area contributed by atoms with Crippen LogP contribution < -0.4 is 20.9 Å². The van der Waals surface area contributed by atoms with E-state index in [-0.39, 0.29) is 0 Å². The molecule has 6 nitrogen and oxygen atoms in total. The summed E-state index contributed by atoms with van der Waals surface area (Å²) in [5.74, 6) is 1.06. The first-order valence-electron chi connectivity index (χ1n) is 5.93. The smallest absolute Gasteiger partial charge is 0.148 e. The van der Waals surface area contributed by atoms with Crippen molar-refractivity contribution in [3.8, 4) is 11.5 Å². The molecule has 0 aliphatic carbocycles. The van der Waals surface area contributed by atoms with E-state index >= 15 is 0 Å². The van der Waals surface area contributed by atoms with Crippen molar-refractivity contribution >= 4 is 22.7 Å². The largest absolute Gasteiger partial charge is 0.495 e. The van der Waals surface area contributed by atoms with Gasteiger partial charge in [0, 0.05) is 17.8 Å². The molecule has 0 radical (unpaired) electrons. The predicted octanol–water partition coefficient (Wildman–Crippen LogP) is 3.28. The maximum atomic E-state index is 5.81. The standard InChI is InChI=1S/C14H16N4O2/c1-19-13-8-12(14(20-2)7-11(13)16)18-17-10-5-3-9(15)4-6-10/h3-8H,15-16H2,1-2H3/b18-17+. The Morgan fingerprint density at radius 1 is 0.850 bits per heavy atom. The third-order valence-electron chi connectivity index (χ3n) is 2.70. The second kappa shape index (κ2) is 5.92. The summed E-state index contributed by atoms with van der Waals surface area (Å²) in [5, 5.41) is 8.27. The van der Waals surface area contributed by atoms with Crippen molar-refractivity contribution in [3.63, 3.8) is 0 Å². The first kappa shape index (κ1) is 13.7. The molecule has 4 N–H and O–H groups in total. The van der Waals surface area contributed by atoms with Gasteiger partial charge in [-0.3, -0.25) is 0 Å². The Morgan fingerprint density at radius 3 is 2.10 bits per heavy atom. The number of methoxy groups -OCH3 is 2. The van der Waals surface area contributed by atoms with Gasteiger partial charge in [0.2, 0.25) is 0 Å². The Kier molecular flexibility index (Phi) is 4.05. The van der Waals surface area contributed by atoms with Crippen molar-refractivity contribution in [2.24, 2.45) is 10.2 Å². The van der Waals surface area contributed by atoms with Crippen LogP contribution in [0, 0.1) is 0 Å². The minimum atomic E-state index is 0.482. The van der Waals surface area contributed by atoms with Gasteiger partial charge in [0.05, 0.1) is 25.6 Å². The van der Waals surface area contributed by atoms with Crippen molar-refractivity contribution in [2.45, 2.75) is 0 Å². The molecular formula is C14H16N4O2. The van der Waals surface area contributed by atoms with Crippen molar-refractivity contribution in [1.29, 1.82) is 0 Å². The summed E-state index contributed by atoms with van der Waals surface area (Å²) in [6.45, 7) is 0. The van der Waals surface area contributed by atoms with Crippen molar-refractivity contribution in [1.82, 2.24) is 0 Å². The highest BCUT2D eigenvalue weighted by molar-refractivity contribution is 5.67. The van der Waals surface area contributed by atoms with Gasteiger partial charge in [-0.2, -0.15) is 5.11 Å². The summed E-state index contributed by atoms with van der Waals surface area (Å²) < 4.78 is 10.4. The number of ether oxygens (including phenoxy) is 2. The summed E-state index contributed by atoms with van der Waals surface area (Å²) in [7, 11) is 3.09. The number of hydrogen-bond donors (Lipinski definition) is 2. The van der Waals surface area contributed by atoms with E-state index in [1.54, 1.807) is 50.6 Å². The molecule has 0 unspecified atom stereocenters. The van der Waals surface area contributed by atoms with Crippen LogP contribution in [0.2, 0.25) is 0 Å². The lowest BCUT2D eigenvalue weighted by atomic mass is 10.2. The van der Waals surface area contributed by atoms with Gasteiger partial charge in [0.1, 0.15) is 17.2 Å². The Morgan fingerprint density at radius 2 is 1.50 bits per heavy atom. The highest BCUT2D eigenvalue weighted by atomic mass is 16.5. The highest BCUT2D eigenvalue weighted by Crippen LogP contribution is 2.37. The zero-order valence-corrected chi connectivity index (χ0v) is 11.3. The van der Waals surface area contributed by atoms with Crippen LogP contribution in [0.25, 0.3) is 0 Å². The number of benzene rings is 2. The van der Waals surface area contributed by atoms with Crippen molar-refractivity contribution in [3.05, 3.63) is 36.4 Å². The molecule has 0 aromatic heterocycles.